The van der Waals surface area contributed by atoms with Crippen LogP contribution in [0.1, 0.15) is 23.5 Å². The summed E-state index contributed by atoms with van der Waals surface area (Å²) in [6.45, 7) is 0.161. The molecule has 1 amide bonds. The maximum absolute atomic E-state index is 13.3. The van der Waals surface area contributed by atoms with Crippen LogP contribution >= 0.6 is 0 Å². The normalized spacial score (nSPS) is 17.0. The number of benzene rings is 2. The van der Waals surface area contributed by atoms with Crippen LogP contribution in [0.3, 0.4) is 0 Å². The average molecular weight is 336 g/mol. The van der Waals surface area contributed by atoms with Crippen LogP contribution in [0, 0.1) is 5.41 Å². The van der Waals surface area contributed by atoms with E-state index < -0.39 is 17.9 Å². The molecule has 0 aromatic heterocycles. The van der Waals surface area contributed by atoms with E-state index >= 15 is 0 Å². The summed E-state index contributed by atoms with van der Waals surface area (Å²) in [5.41, 5.74) is 2.09. The highest BCUT2D eigenvalue weighted by atomic mass is 16.5. The van der Waals surface area contributed by atoms with Crippen molar-refractivity contribution in [3.63, 3.8) is 0 Å². The summed E-state index contributed by atoms with van der Waals surface area (Å²) >= 11 is 0. The highest BCUT2D eigenvalue weighted by molar-refractivity contribution is 6.00. The predicted octanol–water partition coefficient (Wildman–Crippen LogP) is 2.61. The van der Waals surface area contributed by atoms with Gasteiger partial charge in [0.1, 0.15) is 6.04 Å². The molecule has 0 saturated carbocycles. The van der Waals surface area contributed by atoms with Crippen LogP contribution in [0.4, 0.5) is 0 Å². The number of hydrogen-bond donors (Lipinski definition) is 1. The van der Waals surface area contributed by atoms with Gasteiger partial charge in [-0.05, 0) is 11.1 Å². The third-order valence-corrected chi connectivity index (χ3v) is 4.45. The van der Waals surface area contributed by atoms with E-state index in [0.717, 1.165) is 11.1 Å². The van der Waals surface area contributed by atoms with Crippen molar-refractivity contribution in [3.05, 3.63) is 71.8 Å². The SMILES string of the molecule is COC(=O)[C@@H]1CC(=N)CN1C(=O)C(c1ccccc1)c1ccccc1. The van der Waals surface area contributed by atoms with Crippen LogP contribution in [0.15, 0.2) is 60.7 Å². The Balaban J connectivity index is 2.00. The Kier molecular flexibility index (Phi) is 4.93. The zero-order chi connectivity index (χ0) is 17.8. The summed E-state index contributed by atoms with van der Waals surface area (Å²) in [6.07, 6.45) is 0.231. The Bertz CT molecular complexity index is 735. The van der Waals surface area contributed by atoms with Crippen LogP contribution in [-0.2, 0) is 14.3 Å². The lowest BCUT2D eigenvalue weighted by Gasteiger charge is -2.27. The molecule has 0 spiro atoms. The van der Waals surface area contributed by atoms with Crippen molar-refractivity contribution in [2.75, 3.05) is 13.7 Å². The Morgan fingerprint density at radius 1 is 1.04 bits per heavy atom. The molecule has 0 radical (unpaired) electrons. The van der Waals surface area contributed by atoms with Gasteiger partial charge in [-0.1, -0.05) is 60.7 Å². The van der Waals surface area contributed by atoms with Gasteiger partial charge in [-0.15, -0.1) is 0 Å². The third-order valence-electron chi connectivity index (χ3n) is 4.45. The molecule has 3 rings (SSSR count). The molecule has 1 fully saturated rings. The van der Waals surface area contributed by atoms with E-state index in [-0.39, 0.29) is 18.9 Å². The number of nitrogens with zero attached hydrogens (tertiary/aromatic N) is 1. The van der Waals surface area contributed by atoms with Crippen LogP contribution in [0.25, 0.3) is 0 Å². The fourth-order valence-electron chi connectivity index (χ4n) is 3.24. The van der Waals surface area contributed by atoms with Crippen molar-refractivity contribution in [1.82, 2.24) is 4.90 Å². The van der Waals surface area contributed by atoms with E-state index in [1.807, 2.05) is 60.7 Å². The van der Waals surface area contributed by atoms with Crippen LogP contribution in [-0.4, -0.2) is 42.2 Å². The Hall–Kier alpha value is -2.95. The van der Waals surface area contributed by atoms with E-state index in [9.17, 15) is 9.59 Å². The van der Waals surface area contributed by atoms with Gasteiger partial charge in [0.05, 0.1) is 19.6 Å². The van der Waals surface area contributed by atoms with Gasteiger partial charge in [-0.25, -0.2) is 4.79 Å². The Morgan fingerprint density at radius 2 is 1.56 bits per heavy atom. The van der Waals surface area contributed by atoms with E-state index in [2.05, 4.69) is 0 Å². The first kappa shape index (κ1) is 16.9. The fourth-order valence-corrected chi connectivity index (χ4v) is 3.24. The van der Waals surface area contributed by atoms with E-state index in [1.54, 1.807) is 0 Å². The lowest BCUT2D eigenvalue weighted by molar-refractivity contribution is -0.151. The fraction of sp³-hybridized carbons (Fsp3) is 0.250. The topological polar surface area (TPSA) is 70.5 Å². The van der Waals surface area contributed by atoms with Gasteiger partial charge in [0.2, 0.25) is 5.91 Å². The van der Waals surface area contributed by atoms with E-state index in [4.69, 9.17) is 10.1 Å². The molecule has 0 bridgehead atoms. The Labute approximate surface area is 146 Å². The first-order chi connectivity index (χ1) is 12.1. The molecule has 2 aromatic carbocycles. The molecule has 1 aliphatic heterocycles. The van der Waals surface area contributed by atoms with Crippen molar-refractivity contribution in [2.24, 2.45) is 0 Å². The first-order valence-electron chi connectivity index (χ1n) is 8.16. The second kappa shape index (κ2) is 7.30. The van der Waals surface area contributed by atoms with E-state index in [1.165, 1.54) is 12.0 Å². The number of carbonyl (C=O) groups is 2. The maximum Gasteiger partial charge on any atom is 0.328 e. The number of ether oxygens (including phenoxy) is 1. The molecule has 1 saturated heterocycles. The number of hydrogen-bond acceptors (Lipinski definition) is 4. The molecule has 1 atom stereocenters. The summed E-state index contributed by atoms with van der Waals surface area (Å²) in [6, 6.07) is 18.3. The molecular formula is C20H20N2O3. The largest absolute Gasteiger partial charge is 0.467 e. The smallest absolute Gasteiger partial charge is 0.328 e. The minimum Gasteiger partial charge on any atom is -0.467 e. The minimum atomic E-state index is -0.722. The monoisotopic (exact) mass is 336 g/mol. The zero-order valence-corrected chi connectivity index (χ0v) is 14.0. The molecule has 1 aliphatic rings. The van der Waals surface area contributed by atoms with Crippen LogP contribution in [0.2, 0.25) is 0 Å². The van der Waals surface area contributed by atoms with Crippen molar-refractivity contribution >= 4 is 17.6 Å². The third kappa shape index (κ3) is 3.45. The number of amides is 1. The molecule has 5 nitrogen and oxygen atoms in total. The van der Waals surface area contributed by atoms with Gasteiger partial charge in [0.25, 0.3) is 0 Å². The maximum atomic E-state index is 13.3. The molecule has 5 heteroatoms. The standard InChI is InChI=1S/C20H20N2O3/c1-25-20(24)17-12-16(21)13-22(17)19(23)18(14-8-4-2-5-9-14)15-10-6-3-7-11-15/h2-11,17-18,21H,12-13H2,1H3/t17-/m0/s1. The summed E-state index contributed by atoms with van der Waals surface area (Å²) < 4.78 is 4.82. The molecule has 1 heterocycles. The number of likely N-dealkylation sites (tertiary alicyclic amines) is 1. The van der Waals surface area contributed by atoms with Crippen molar-refractivity contribution in [3.8, 4) is 0 Å². The molecule has 25 heavy (non-hydrogen) atoms. The number of methoxy groups -OCH3 is 1. The van der Waals surface area contributed by atoms with Gasteiger partial charge in [0, 0.05) is 12.1 Å². The summed E-state index contributed by atoms with van der Waals surface area (Å²) in [7, 11) is 1.30. The molecule has 128 valence electrons. The second-order valence-corrected chi connectivity index (χ2v) is 6.07. The van der Waals surface area contributed by atoms with Gasteiger partial charge in [0.15, 0.2) is 0 Å². The molecule has 0 unspecified atom stereocenters. The average Bonchev–Trinajstić information content (AvgIpc) is 3.05. The predicted molar refractivity (Wildman–Crippen MR) is 94.6 cm³/mol. The van der Waals surface area contributed by atoms with Crippen molar-refractivity contribution in [2.45, 2.75) is 18.4 Å². The van der Waals surface area contributed by atoms with Gasteiger partial charge >= 0.3 is 5.97 Å². The van der Waals surface area contributed by atoms with Gasteiger partial charge in [-0.3, -0.25) is 4.79 Å². The lowest BCUT2D eigenvalue weighted by Crippen LogP contribution is -2.43. The molecule has 1 N–H and O–H groups in total. The molecular weight excluding hydrogens is 316 g/mol. The zero-order valence-electron chi connectivity index (χ0n) is 14.0. The van der Waals surface area contributed by atoms with Crippen molar-refractivity contribution < 1.29 is 14.3 Å². The van der Waals surface area contributed by atoms with Gasteiger partial charge in [-0.2, -0.15) is 0 Å². The Morgan fingerprint density at radius 3 is 2.04 bits per heavy atom. The minimum absolute atomic E-state index is 0.161. The highest BCUT2D eigenvalue weighted by Gasteiger charge is 2.40. The highest BCUT2D eigenvalue weighted by Crippen LogP contribution is 2.30. The van der Waals surface area contributed by atoms with Crippen molar-refractivity contribution in [1.29, 1.82) is 5.41 Å². The second-order valence-electron chi connectivity index (χ2n) is 6.07. The number of nitrogens with one attached hydrogen (secondary N) is 1. The molecule has 2 aromatic rings. The van der Waals surface area contributed by atoms with Crippen LogP contribution < -0.4 is 0 Å². The quantitative estimate of drug-likeness (QED) is 0.873. The first-order valence-corrected chi connectivity index (χ1v) is 8.16. The van der Waals surface area contributed by atoms with Gasteiger partial charge < -0.3 is 15.0 Å². The lowest BCUT2D eigenvalue weighted by atomic mass is 9.90. The summed E-state index contributed by atoms with van der Waals surface area (Å²) in [4.78, 5) is 26.9. The summed E-state index contributed by atoms with van der Waals surface area (Å²) in [5, 5.41) is 7.92. The number of carbonyl (C=O) groups excluding carboxylic acids is 2. The summed E-state index contributed by atoms with van der Waals surface area (Å²) in [5.74, 6) is -1.18. The number of rotatable bonds is 4. The van der Waals surface area contributed by atoms with Crippen LogP contribution in [0.5, 0.6) is 0 Å². The molecule has 0 aliphatic carbocycles. The van der Waals surface area contributed by atoms with E-state index in [0.29, 0.717) is 5.71 Å². The number of esters is 1.